The Labute approximate surface area is 139 Å². The third-order valence-corrected chi connectivity index (χ3v) is 3.59. The highest BCUT2D eigenvalue weighted by Gasteiger charge is 2.34. The van der Waals surface area contributed by atoms with E-state index in [4.69, 9.17) is 9.47 Å². The summed E-state index contributed by atoms with van der Waals surface area (Å²) in [7, 11) is 0. The molecule has 0 aromatic carbocycles. The average molecular weight is 324 g/mol. The molecule has 0 amide bonds. The number of hydrogen-bond donors (Lipinski definition) is 0. The summed E-state index contributed by atoms with van der Waals surface area (Å²) >= 11 is 0. The van der Waals surface area contributed by atoms with Crippen LogP contribution in [0.25, 0.3) is 17.0 Å². The molecule has 0 saturated heterocycles. The minimum Gasteiger partial charge on any atom is -0.462 e. The van der Waals surface area contributed by atoms with Gasteiger partial charge in [0.15, 0.2) is 5.57 Å². The molecule has 6 heteroatoms. The molecule has 0 bridgehead atoms. The van der Waals surface area contributed by atoms with E-state index in [9.17, 15) is 9.59 Å². The number of aromatic nitrogens is 2. The van der Waals surface area contributed by atoms with Crippen molar-refractivity contribution in [2.24, 2.45) is 0 Å². The molecule has 0 unspecified atom stereocenters. The number of nitrogens with zero attached hydrogens (tertiary/aromatic N) is 2. The second-order valence-corrected chi connectivity index (χ2v) is 4.99. The molecule has 122 valence electrons. The third-order valence-electron chi connectivity index (χ3n) is 3.59. The fourth-order valence-electron chi connectivity index (χ4n) is 2.70. The number of carbonyl (C=O) groups is 2. The van der Waals surface area contributed by atoms with Crippen LogP contribution in [0.4, 0.5) is 0 Å². The highest BCUT2D eigenvalue weighted by molar-refractivity contribution is 6.24. The highest BCUT2D eigenvalue weighted by Crippen LogP contribution is 2.43. The van der Waals surface area contributed by atoms with Crippen molar-refractivity contribution in [3.05, 3.63) is 53.4 Å². The van der Waals surface area contributed by atoms with E-state index in [1.165, 1.54) is 0 Å². The Morgan fingerprint density at radius 3 is 1.75 bits per heavy atom. The van der Waals surface area contributed by atoms with Crippen LogP contribution >= 0.6 is 0 Å². The van der Waals surface area contributed by atoms with Crippen molar-refractivity contribution in [3.8, 4) is 11.4 Å². The Morgan fingerprint density at radius 2 is 1.33 bits per heavy atom. The van der Waals surface area contributed by atoms with Gasteiger partial charge in [0, 0.05) is 29.1 Å². The molecular formula is C18H16N2O4. The van der Waals surface area contributed by atoms with Gasteiger partial charge in [-0.05, 0) is 26.0 Å². The number of fused-ring (bicyclic) bond motifs is 3. The van der Waals surface area contributed by atoms with Gasteiger partial charge in [0.25, 0.3) is 0 Å². The number of pyridine rings is 2. The van der Waals surface area contributed by atoms with Crippen LogP contribution in [-0.4, -0.2) is 35.1 Å². The minimum atomic E-state index is -0.711. The lowest BCUT2D eigenvalue weighted by molar-refractivity contribution is -0.146. The topological polar surface area (TPSA) is 78.4 Å². The van der Waals surface area contributed by atoms with E-state index < -0.39 is 11.9 Å². The molecule has 2 aromatic rings. The van der Waals surface area contributed by atoms with E-state index in [2.05, 4.69) is 9.97 Å². The summed E-state index contributed by atoms with van der Waals surface area (Å²) < 4.78 is 10.2. The summed E-state index contributed by atoms with van der Waals surface area (Å²) in [5, 5.41) is 0. The zero-order valence-electron chi connectivity index (χ0n) is 13.4. The van der Waals surface area contributed by atoms with Crippen molar-refractivity contribution < 1.29 is 19.1 Å². The van der Waals surface area contributed by atoms with Gasteiger partial charge in [0.05, 0.1) is 24.6 Å². The number of hydrogen-bond acceptors (Lipinski definition) is 6. The zero-order chi connectivity index (χ0) is 17.1. The predicted molar refractivity (Wildman–Crippen MR) is 86.8 cm³/mol. The van der Waals surface area contributed by atoms with Crippen molar-refractivity contribution >= 4 is 17.5 Å². The molecule has 1 aliphatic carbocycles. The van der Waals surface area contributed by atoms with Gasteiger partial charge in [-0.3, -0.25) is 9.97 Å². The van der Waals surface area contributed by atoms with E-state index in [1.807, 2.05) is 0 Å². The van der Waals surface area contributed by atoms with Gasteiger partial charge < -0.3 is 9.47 Å². The molecule has 2 aromatic heterocycles. The summed E-state index contributed by atoms with van der Waals surface area (Å²) in [5.74, 6) is -1.42. The summed E-state index contributed by atoms with van der Waals surface area (Å²) in [4.78, 5) is 33.6. The van der Waals surface area contributed by atoms with Crippen molar-refractivity contribution in [2.45, 2.75) is 13.8 Å². The van der Waals surface area contributed by atoms with Crippen LogP contribution < -0.4 is 0 Å². The molecule has 24 heavy (non-hydrogen) atoms. The fourth-order valence-corrected chi connectivity index (χ4v) is 2.70. The molecule has 0 atom stereocenters. The Kier molecular flexibility index (Phi) is 4.37. The Morgan fingerprint density at radius 1 is 0.875 bits per heavy atom. The SMILES string of the molecule is CCOC(=O)C(C(=O)OCC)=C1c2cccnc2-c2ncccc21. The maximum Gasteiger partial charge on any atom is 0.346 e. The average Bonchev–Trinajstić information content (AvgIpc) is 2.91. The van der Waals surface area contributed by atoms with Crippen molar-refractivity contribution in [2.75, 3.05) is 13.2 Å². The summed E-state index contributed by atoms with van der Waals surface area (Å²) in [6.45, 7) is 3.69. The Bertz CT molecular complexity index is 775. The van der Waals surface area contributed by atoms with E-state index in [-0.39, 0.29) is 18.8 Å². The lowest BCUT2D eigenvalue weighted by atomic mass is 9.99. The Hall–Kier alpha value is -3.02. The second-order valence-electron chi connectivity index (χ2n) is 4.99. The van der Waals surface area contributed by atoms with Crippen LogP contribution in [0.3, 0.4) is 0 Å². The quantitative estimate of drug-likeness (QED) is 0.317. The van der Waals surface area contributed by atoms with Gasteiger partial charge in [-0.2, -0.15) is 0 Å². The summed E-state index contributed by atoms with van der Waals surface area (Å²) in [5.41, 5.74) is 2.94. The molecule has 0 fully saturated rings. The first-order valence-corrected chi connectivity index (χ1v) is 7.68. The lowest BCUT2D eigenvalue weighted by Gasteiger charge is -2.11. The maximum absolute atomic E-state index is 12.4. The number of ether oxygens (including phenoxy) is 2. The van der Waals surface area contributed by atoms with Crippen molar-refractivity contribution in [1.29, 1.82) is 0 Å². The number of carbonyl (C=O) groups excluding carboxylic acids is 2. The van der Waals surface area contributed by atoms with Crippen LogP contribution in [0, 0.1) is 0 Å². The smallest absolute Gasteiger partial charge is 0.346 e. The van der Waals surface area contributed by atoms with Crippen LogP contribution in [-0.2, 0) is 19.1 Å². The first kappa shape index (κ1) is 15.9. The van der Waals surface area contributed by atoms with Gasteiger partial charge in [0.2, 0.25) is 0 Å². The van der Waals surface area contributed by atoms with Gasteiger partial charge in [0.1, 0.15) is 0 Å². The molecule has 2 heterocycles. The van der Waals surface area contributed by atoms with Crippen LogP contribution in [0.5, 0.6) is 0 Å². The molecular weight excluding hydrogens is 308 g/mol. The van der Waals surface area contributed by atoms with E-state index >= 15 is 0 Å². The largest absolute Gasteiger partial charge is 0.462 e. The normalized spacial score (nSPS) is 11.5. The molecule has 6 nitrogen and oxygen atoms in total. The van der Waals surface area contributed by atoms with Crippen molar-refractivity contribution in [1.82, 2.24) is 9.97 Å². The van der Waals surface area contributed by atoms with E-state index in [0.717, 1.165) is 0 Å². The maximum atomic E-state index is 12.4. The molecule has 3 rings (SSSR count). The zero-order valence-corrected chi connectivity index (χ0v) is 13.4. The van der Waals surface area contributed by atoms with Crippen LogP contribution in [0.2, 0.25) is 0 Å². The van der Waals surface area contributed by atoms with Crippen LogP contribution in [0.1, 0.15) is 25.0 Å². The lowest BCUT2D eigenvalue weighted by Crippen LogP contribution is -2.20. The summed E-state index contributed by atoms with van der Waals surface area (Å²) in [6, 6.07) is 7.10. The standard InChI is InChI=1S/C18H16N2O4/c1-3-23-17(21)14(18(22)24-4-2)13-11-7-5-9-19-15(11)16-12(13)8-6-10-20-16/h5-10H,3-4H2,1-2H3. The fraction of sp³-hybridized carbons (Fsp3) is 0.222. The predicted octanol–water partition coefficient (Wildman–Crippen LogP) is 2.39. The molecule has 0 aliphatic heterocycles. The minimum absolute atomic E-state index is 0.125. The van der Waals surface area contributed by atoms with Gasteiger partial charge in [-0.25, -0.2) is 9.59 Å². The second kappa shape index (κ2) is 6.62. The van der Waals surface area contributed by atoms with Gasteiger partial charge >= 0.3 is 11.9 Å². The van der Waals surface area contributed by atoms with Gasteiger partial charge in [-0.15, -0.1) is 0 Å². The van der Waals surface area contributed by atoms with E-state index in [0.29, 0.717) is 28.1 Å². The number of rotatable bonds is 4. The molecule has 0 spiro atoms. The molecule has 1 aliphatic rings. The monoisotopic (exact) mass is 324 g/mol. The van der Waals surface area contributed by atoms with Gasteiger partial charge in [-0.1, -0.05) is 12.1 Å². The molecule has 0 radical (unpaired) electrons. The highest BCUT2D eigenvalue weighted by atomic mass is 16.6. The Balaban J connectivity index is 2.31. The number of esters is 2. The molecule has 0 saturated carbocycles. The van der Waals surface area contributed by atoms with Crippen molar-refractivity contribution in [3.63, 3.8) is 0 Å². The third kappa shape index (κ3) is 2.56. The van der Waals surface area contributed by atoms with E-state index in [1.54, 1.807) is 50.5 Å². The molecule has 0 N–H and O–H groups in total. The first-order chi connectivity index (χ1) is 11.7. The first-order valence-electron chi connectivity index (χ1n) is 7.68. The van der Waals surface area contributed by atoms with Crippen LogP contribution in [0.15, 0.2) is 42.2 Å². The summed E-state index contributed by atoms with van der Waals surface area (Å²) in [6.07, 6.45) is 3.29.